The number of ketones is 1. The average Bonchev–Trinajstić information content (AvgIpc) is 3.10. The molecule has 0 spiro atoms. The minimum absolute atomic E-state index is 0.0950. The molecule has 0 saturated heterocycles. The Labute approximate surface area is 196 Å². The molecule has 0 aliphatic heterocycles. The van der Waals surface area contributed by atoms with Gasteiger partial charge in [-0.1, -0.05) is 45.7 Å². The number of benzene rings is 2. The van der Waals surface area contributed by atoms with Crippen LogP contribution in [-0.4, -0.2) is 5.78 Å². The number of nitrogen functional groups attached to an aromatic ring is 1. The molecule has 4 aromatic rings. The van der Waals surface area contributed by atoms with Crippen molar-refractivity contribution in [1.29, 1.82) is 0 Å². The van der Waals surface area contributed by atoms with Crippen molar-refractivity contribution < 1.29 is 9.36 Å². The lowest BCUT2D eigenvalue weighted by molar-refractivity contribution is -0.596. The highest BCUT2D eigenvalue weighted by atomic mass is 79.9. The number of hydrogen-bond donors (Lipinski definition) is 1. The van der Waals surface area contributed by atoms with Crippen molar-refractivity contribution in [2.45, 2.75) is 9.96 Å². The summed E-state index contributed by atoms with van der Waals surface area (Å²) in [6.07, 6.45) is 3.89. The highest BCUT2D eigenvalue weighted by molar-refractivity contribution is 9.10. The molecule has 0 fully saturated rings. The molecule has 150 valence electrons. The van der Waals surface area contributed by atoms with Gasteiger partial charge in [-0.25, -0.2) is 0 Å². The van der Waals surface area contributed by atoms with E-state index in [1.165, 1.54) is 16.9 Å². The SMILES string of the molecule is Nc1c(C(=O)c2ccc(Cl)cc2)sc(SCc2ccc(Br)cc2)c1-[n+]1ccccc1. The summed E-state index contributed by atoms with van der Waals surface area (Å²) in [4.78, 5) is 13.7. The Morgan fingerprint density at radius 3 is 2.37 bits per heavy atom. The maximum atomic E-state index is 13.2. The van der Waals surface area contributed by atoms with E-state index in [9.17, 15) is 4.79 Å². The van der Waals surface area contributed by atoms with Crippen molar-refractivity contribution in [3.05, 3.63) is 105 Å². The van der Waals surface area contributed by atoms with Crippen LogP contribution in [0.3, 0.4) is 0 Å². The van der Waals surface area contributed by atoms with Gasteiger partial charge in [0.1, 0.15) is 14.8 Å². The highest BCUT2D eigenvalue weighted by Crippen LogP contribution is 2.41. The van der Waals surface area contributed by atoms with Crippen LogP contribution in [0, 0.1) is 0 Å². The Balaban J connectivity index is 1.72. The molecule has 0 aliphatic carbocycles. The molecule has 0 aliphatic rings. The standard InChI is InChI=1S/C23H16BrClN2OS2/c24-17-8-4-15(5-9-17)14-29-23-20(27-12-2-1-3-13-27)19(26)22(30-23)21(28)16-6-10-18(25)11-7-16/h1-13H,14H2,(H-,26,28)/p+1. The number of pyridine rings is 1. The predicted octanol–water partition coefficient (Wildman–Crippen LogP) is 6.55. The molecule has 3 nitrogen and oxygen atoms in total. The van der Waals surface area contributed by atoms with E-state index in [4.69, 9.17) is 17.3 Å². The molecule has 2 heterocycles. The Bertz CT molecular complexity index is 1180. The highest BCUT2D eigenvalue weighted by Gasteiger charge is 2.28. The van der Waals surface area contributed by atoms with Crippen LogP contribution in [0.25, 0.3) is 5.69 Å². The summed E-state index contributed by atoms with van der Waals surface area (Å²) in [6, 6.07) is 21.0. The monoisotopic (exact) mass is 515 g/mol. The number of thioether (sulfide) groups is 1. The minimum atomic E-state index is -0.0950. The first-order chi connectivity index (χ1) is 14.5. The molecular formula is C23H17BrClN2OS2+. The molecule has 0 bridgehead atoms. The zero-order chi connectivity index (χ0) is 21.1. The maximum absolute atomic E-state index is 13.2. The van der Waals surface area contributed by atoms with Crippen LogP contribution in [0.4, 0.5) is 5.69 Å². The van der Waals surface area contributed by atoms with Gasteiger partial charge in [-0.15, -0.1) is 23.1 Å². The lowest BCUT2D eigenvalue weighted by Gasteiger charge is -2.02. The minimum Gasteiger partial charge on any atom is -0.392 e. The van der Waals surface area contributed by atoms with Gasteiger partial charge in [0.25, 0.3) is 5.69 Å². The molecule has 7 heteroatoms. The quantitative estimate of drug-likeness (QED) is 0.180. The van der Waals surface area contributed by atoms with E-state index in [0.717, 1.165) is 20.1 Å². The van der Waals surface area contributed by atoms with E-state index in [0.29, 0.717) is 21.2 Å². The molecule has 4 rings (SSSR count). The van der Waals surface area contributed by atoms with Gasteiger partial charge in [0, 0.05) is 32.9 Å². The van der Waals surface area contributed by atoms with Crippen LogP contribution in [0.15, 0.2) is 87.8 Å². The van der Waals surface area contributed by atoms with Gasteiger partial charge in [0.15, 0.2) is 12.4 Å². The van der Waals surface area contributed by atoms with Gasteiger partial charge >= 0.3 is 0 Å². The molecule has 0 atom stereocenters. The van der Waals surface area contributed by atoms with E-state index < -0.39 is 0 Å². The second-order valence-electron chi connectivity index (χ2n) is 6.51. The molecule has 2 aromatic heterocycles. The zero-order valence-electron chi connectivity index (χ0n) is 15.7. The Morgan fingerprint density at radius 2 is 1.70 bits per heavy atom. The van der Waals surface area contributed by atoms with Crippen LogP contribution in [0.5, 0.6) is 0 Å². The summed E-state index contributed by atoms with van der Waals surface area (Å²) >= 11 is 12.6. The Kier molecular flexibility index (Phi) is 6.58. The second-order valence-corrected chi connectivity index (χ2v) is 10.1. The molecule has 0 unspecified atom stereocenters. The number of nitrogens with two attached hydrogens (primary N) is 1. The third-order valence-corrected chi connectivity index (χ3v) is 7.76. The molecule has 2 aromatic carbocycles. The van der Waals surface area contributed by atoms with Crippen molar-refractivity contribution >= 4 is 62.1 Å². The summed E-state index contributed by atoms with van der Waals surface area (Å²) in [5.41, 5.74) is 9.63. The average molecular weight is 517 g/mol. The number of rotatable bonds is 6. The van der Waals surface area contributed by atoms with Gasteiger partial charge in [0.2, 0.25) is 5.78 Å². The van der Waals surface area contributed by atoms with Crippen LogP contribution in [0.1, 0.15) is 20.8 Å². The summed E-state index contributed by atoms with van der Waals surface area (Å²) in [6.45, 7) is 0. The molecule has 0 radical (unpaired) electrons. The van der Waals surface area contributed by atoms with E-state index >= 15 is 0 Å². The molecular weight excluding hydrogens is 500 g/mol. The molecule has 2 N–H and O–H groups in total. The molecule has 30 heavy (non-hydrogen) atoms. The number of halogens is 2. The summed E-state index contributed by atoms with van der Waals surface area (Å²) < 4.78 is 4.02. The van der Waals surface area contributed by atoms with Gasteiger partial charge in [-0.05, 0) is 42.0 Å². The smallest absolute Gasteiger partial charge is 0.259 e. The number of anilines is 1. The van der Waals surface area contributed by atoms with Gasteiger partial charge < -0.3 is 5.73 Å². The summed E-state index contributed by atoms with van der Waals surface area (Å²) in [5.74, 6) is 0.685. The van der Waals surface area contributed by atoms with Crippen LogP contribution < -0.4 is 10.3 Å². The van der Waals surface area contributed by atoms with E-state index in [-0.39, 0.29) is 5.78 Å². The fourth-order valence-corrected chi connectivity index (χ4v) is 5.74. The van der Waals surface area contributed by atoms with Gasteiger partial charge in [-0.3, -0.25) is 4.79 Å². The largest absolute Gasteiger partial charge is 0.392 e. The van der Waals surface area contributed by atoms with Crippen molar-refractivity contribution in [3.8, 4) is 5.69 Å². The topological polar surface area (TPSA) is 47.0 Å². The number of hydrogen-bond acceptors (Lipinski definition) is 4. The fourth-order valence-electron chi connectivity index (χ4n) is 2.93. The van der Waals surface area contributed by atoms with E-state index in [1.54, 1.807) is 36.0 Å². The summed E-state index contributed by atoms with van der Waals surface area (Å²) in [5, 5.41) is 0.594. The summed E-state index contributed by atoms with van der Waals surface area (Å²) in [7, 11) is 0. The Hall–Kier alpha value is -2.12. The van der Waals surface area contributed by atoms with Crippen LogP contribution in [0.2, 0.25) is 5.02 Å². The number of aromatic nitrogens is 1. The van der Waals surface area contributed by atoms with E-state index in [2.05, 4.69) is 28.1 Å². The Morgan fingerprint density at radius 1 is 1.03 bits per heavy atom. The van der Waals surface area contributed by atoms with Crippen molar-refractivity contribution in [2.24, 2.45) is 0 Å². The van der Waals surface area contributed by atoms with Gasteiger partial charge in [-0.2, -0.15) is 4.57 Å². The molecule has 0 amide bonds. The first kappa shape index (κ1) is 21.1. The third-order valence-electron chi connectivity index (χ3n) is 4.46. The van der Waals surface area contributed by atoms with Crippen molar-refractivity contribution in [1.82, 2.24) is 0 Å². The molecule has 0 saturated carbocycles. The van der Waals surface area contributed by atoms with Gasteiger partial charge in [0.05, 0.1) is 0 Å². The lowest BCUT2D eigenvalue weighted by atomic mass is 10.1. The first-order valence-electron chi connectivity index (χ1n) is 9.09. The van der Waals surface area contributed by atoms with Crippen molar-refractivity contribution in [3.63, 3.8) is 0 Å². The van der Waals surface area contributed by atoms with Crippen LogP contribution >= 0.6 is 50.6 Å². The number of carbonyl (C=O) groups excluding carboxylic acids is 1. The number of thiophene rings is 1. The van der Waals surface area contributed by atoms with Crippen LogP contribution in [-0.2, 0) is 5.75 Å². The predicted molar refractivity (Wildman–Crippen MR) is 129 cm³/mol. The maximum Gasteiger partial charge on any atom is 0.259 e. The zero-order valence-corrected chi connectivity index (χ0v) is 19.7. The second kappa shape index (κ2) is 9.35. The van der Waals surface area contributed by atoms with Crippen molar-refractivity contribution in [2.75, 3.05) is 5.73 Å². The number of nitrogens with zero attached hydrogens (tertiary/aromatic N) is 1. The number of carbonyl (C=O) groups is 1. The lowest BCUT2D eigenvalue weighted by Crippen LogP contribution is -2.30. The third kappa shape index (κ3) is 4.62. The first-order valence-corrected chi connectivity index (χ1v) is 12.1. The normalized spacial score (nSPS) is 10.9. The van der Waals surface area contributed by atoms with E-state index in [1.807, 2.05) is 47.3 Å². The fraction of sp³-hybridized carbons (Fsp3) is 0.0435.